The molecule has 0 aromatic heterocycles. The Kier molecular flexibility index (Phi) is 4.19. The maximum Gasteiger partial charge on any atom is 0.310 e. The van der Waals surface area contributed by atoms with Crippen LogP contribution in [0.25, 0.3) is 0 Å². The smallest absolute Gasteiger partial charge is 0.310 e. The molecule has 0 bridgehead atoms. The Bertz CT molecular complexity index is 771. The summed E-state index contributed by atoms with van der Waals surface area (Å²) in [5.74, 6) is 1.05. The summed E-state index contributed by atoms with van der Waals surface area (Å²) in [7, 11) is 0. The van der Waals surface area contributed by atoms with Gasteiger partial charge in [0.25, 0.3) is 0 Å². The maximum atomic E-state index is 12.8. The van der Waals surface area contributed by atoms with Gasteiger partial charge in [-0.05, 0) is 61.0 Å². The van der Waals surface area contributed by atoms with E-state index in [4.69, 9.17) is 4.74 Å². The molecule has 1 saturated heterocycles. The second kappa shape index (κ2) is 6.48. The molecule has 4 aliphatic rings. The number of nitrogens with zero attached hydrogens (tertiary/aromatic N) is 1. The molecule has 0 radical (unpaired) electrons. The van der Waals surface area contributed by atoms with Crippen molar-refractivity contribution in [2.24, 2.45) is 23.2 Å². The Morgan fingerprint density at radius 1 is 1.26 bits per heavy atom. The lowest BCUT2D eigenvalue weighted by molar-refractivity contribution is -0.146. The number of esters is 1. The van der Waals surface area contributed by atoms with Gasteiger partial charge in [0.15, 0.2) is 0 Å². The number of carbonyl (C=O) groups is 1. The third-order valence-electron chi connectivity index (χ3n) is 7.98. The summed E-state index contributed by atoms with van der Waals surface area (Å²) >= 11 is 0. The van der Waals surface area contributed by atoms with Crippen LogP contribution >= 0.6 is 0 Å². The first-order valence-corrected chi connectivity index (χ1v) is 10.7. The van der Waals surface area contributed by atoms with Crippen molar-refractivity contribution in [2.75, 3.05) is 13.1 Å². The maximum absolute atomic E-state index is 12.8. The summed E-state index contributed by atoms with van der Waals surface area (Å²) in [5, 5.41) is 0. The van der Waals surface area contributed by atoms with Crippen LogP contribution in [0.3, 0.4) is 0 Å². The molecule has 144 valence electrons. The van der Waals surface area contributed by atoms with Crippen LogP contribution in [-0.4, -0.2) is 30.1 Å². The largest absolute Gasteiger partial charge is 0.462 e. The Morgan fingerprint density at radius 3 is 2.93 bits per heavy atom. The summed E-state index contributed by atoms with van der Waals surface area (Å²) in [4.78, 5) is 15.3. The van der Waals surface area contributed by atoms with Gasteiger partial charge in [0, 0.05) is 25.6 Å². The molecule has 3 heteroatoms. The minimum absolute atomic E-state index is 0.0412. The van der Waals surface area contributed by atoms with Gasteiger partial charge in [0.05, 0.1) is 5.92 Å². The van der Waals surface area contributed by atoms with Crippen LogP contribution in [0.5, 0.6) is 0 Å². The van der Waals surface area contributed by atoms with Gasteiger partial charge >= 0.3 is 5.97 Å². The highest BCUT2D eigenvalue weighted by Gasteiger charge is 2.55. The highest BCUT2D eigenvalue weighted by molar-refractivity contribution is 5.75. The number of hydrogen-bond donors (Lipinski definition) is 0. The Labute approximate surface area is 162 Å². The molecule has 2 aliphatic carbocycles. The zero-order chi connectivity index (χ0) is 18.6. The standard InChI is InChI=1S/C24H31NO2/c1-16-6-5-10-24(2)13-22-19(12-21(16)24)20(23(26)27-22)15-25-11-9-17-7-3-4-8-18(17)14-25/h3-4,7-8,19-22H,1,5-6,9-15H2,2H3/t19-,20?,21?,22-,24-/m1/s1. The number of ether oxygens (including phenoxy) is 1. The molecule has 3 nitrogen and oxygen atoms in total. The quantitative estimate of drug-likeness (QED) is 0.576. The van der Waals surface area contributed by atoms with Gasteiger partial charge in [-0.25, -0.2) is 0 Å². The number of rotatable bonds is 2. The second-order valence-electron chi connectivity index (χ2n) is 9.66. The molecule has 3 fully saturated rings. The highest BCUT2D eigenvalue weighted by Crippen LogP contribution is 2.57. The minimum atomic E-state index is 0.0412. The number of hydrogen-bond acceptors (Lipinski definition) is 3. The lowest BCUT2D eigenvalue weighted by Gasteiger charge is -2.50. The summed E-state index contributed by atoms with van der Waals surface area (Å²) in [5.41, 5.74) is 4.60. The van der Waals surface area contributed by atoms with Gasteiger partial charge < -0.3 is 4.74 Å². The van der Waals surface area contributed by atoms with Crippen molar-refractivity contribution in [1.29, 1.82) is 0 Å². The summed E-state index contributed by atoms with van der Waals surface area (Å²) in [6, 6.07) is 8.72. The lowest BCUT2D eigenvalue weighted by Crippen LogP contribution is -2.46. The summed E-state index contributed by atoms with van der Waals surface area (Å²) < 4.78 is 5.94. The summed E-state index contributed by atoms with van der Waals surface area (Å²) in [6.07, 6.45) is 7.02. The molecule has 0 N–H and O–H groups in total. The Hall–Kier alpha value is -1.61. The molecule has 27 heavy (non-hydrogen) atoms. The van der Waals surface area contributed by atoms with Crippen molar-refractivity contribution in [3.05, 3.63) is 47.5 Å². The van der Waals surface area contributed by atoms with Crippen LogP contribution in [0.2, 0.25) is 0 Å². The molecule has 2 unspecified atom stereocenters. The van der Waals surface area contributed by atoms with Crippen molar-refractivity contribution in [3.63, 3.8) is 0 Å². The van der Waals surface area contributed by atoms with Crippen LogP contribution in [-0.2, 0) is 22.5 Å². The SMILES string of the molecule is C=C1CCC[C@]2(C)C[C@H]3OC(=O)C(CN4CCc5ccccc5C4)[C@H]3CC12. The molecule has 0 spiro atoms. The fourth-order valence-electron chi connectivity index (χ4n) is 6.45. The molecule has 2 heterocycles. The van der Waals surface area contributed by atoms with Crippen LogP contribution in [0, 0.1) is 23.2 Å². The highest BCUT2D eigenvalue weighted by atomic mass is 16.6. The predicted molar refractivity (Wildman–Crippen MR) is 106 cm³/mol. The van der Waals surface area contributed by atoms with Gasteiger partial charge in [-0.3, -0.25) is 9.69 Å². The molecule has 2 saturated carbocycles. The zero-order valence-corrected chi connectivity index (χ0v) is 16.5. The first-order chi connectivity index (χ1) is 13.0. The molecule has 1 aromatic carbocycles. The van der Waals surface area contributed by atoms with E-state index >= 15 is 0 Å². The molecule has 5 rings (SSSR count). The third-order valence-corrected chi connectivity index (χ3v) is 7.98. The lowest BCUT2D eigenvalue weighted by atomic mass is 9.55. The van der Waals surface area contributed by atoms with Crippen LogP contribution in [0.4, 0.5) is 0 Å². The van der Waals surface area contributed by atoms with Gasteiger partial charge in [0.2, 0.25) is 0 Å². The molecular formula is C24H31NO2. The van der Waals surface area contributed by atoms with Crippen molar-refractivity contribution < 1.29 is 9.53 Å². The molecular weight excluding hydrogens is 334 g/mol. The van der Waals surface area contributed by atoms with Gasteiger partial charge in [-0.2, -0.15) is 0 Å². The van der Waals surface area contributed by atoms with Crippen molar-refractivity contribution in [1.82, 2.24) is 4.90 Å². The molecule has 2 aliphatic heterocycles. The fourth-order valence-corrected chi connectivity index (χ4v) is 6.45. The number of benzene rings is 1. The van der Waals surface area contributed by atoms with E-state index in [1.807, 2.05) is 0 Å². The van der Waals surface area contributed by atoms with Crippen molar-refractivity contribution in [2.45, 2.75) is 58.1 Å². The van der Waals surface area contributed by atoms with Crippen LogP contribution in [0.1, 0.15) is 50.2 Å². The fraction of sp³-hybridized carbons (Fsp3) is 0.625. The third kappa shape index (κ3) is 2.95. The van der Waals surface area contributed by atoms with E-state index in [0.29, 0.717) is 11.8 Å². The average Bonchev–Trinajstić information content (AvgIpc) is 2.94. The molecule has 0 amide bonds. The number of fused-ring (bicyclic) bond motifs is 3. The number of carbonyl (C=O) groups excluding carboxylic acids is 1. The van der Waals surface area contributed by atoms with Gasteiger partial charge in [-0.15, -0.1) is 0 Å². The zero-order valence-electron chi connectivity index (χ0n) is 16.5. The monoisotopic (exact) mass is 365 g/mol. The second-order valence-corrected chi connectivity index (χ2v) is 9.66. The van der Waals surface area contributed by atoms with E-state index in [0.717, 1.165) is 38.9 Å². The first kappa shape index (κ1) is 17.5. The predicted octanol–water partition coefficient (Wildman–Crippen LogP) is 4.36. The number of allylic oxidation sites excluding steroid dienone is 1. The van der Waals surface area contributed by atoms with Gasteiger partial charge in [-0.1, -0.05) is 43.3 Å². The van der Waals surface area contributed by atoms with Crippen molar-refractivity contribution in [3.8, 4) is 0 Å². The van der Waals surface area contributed by atoms with E-state index in [1.54, 1.807) is 0 Å². The molecule has 1 aromatic rings. The molecule has 5 atom stereocenters. The van der Waals surface area contributed by atoms with Crippen LogP contribution in [0.15, 0.2) is 36.4 Å². The first-order valence-electron chi connectivity index (χ1n) is 10.7. The van der Waals surface area contributed by atoms with E-state index in [9.17, 15) is 4.79 Å². The van der Waals surface area contributed by atoms with E-state index in [1.165, 1.54) is 36.0 Å². The van der Waals surface area contributed by atoms with E-state index in [2.05, 4.69) is 42.7 Å². The van der Waals surface area contributed by atoms with Crippen molar-refractivity contribution >= 4 is 5.97 Å². The topological polar surface area (TPSA) is 29.5 Å². The van der Waals surface area contributed by atoms with E-state index < -0.39 is 0 Å². The summed E-state index contributed by atoms with van der Waals surface area (Å²) in [6.45, 7) is 9.67. The Morgan fingerprint density at radius 2 is 2.07 bits per heavy atom. The normalized spacial score (nSPS) is 38.7. The van der Waals surface area contributed by atoms with Crippen LogP contribution < -0.4 is 0 Å². The average molecular weight is 366 g/mol. The Balaban J connectivity index is 1.32. The van der Waals surface area contributed by atoms with Gasteiger partial charge in [0.1, 0.15) is 6.10 Å². The van der Waals surface area contributed by atoms with E-state index in [-0.39, 0.29) is 23.4 Å². The minimum Gasteiger partial charge on any atom is -0.462 e.